The molecule has 0 radical (unpaired) electrons. The first-order valence-electron chi connectivity index (χ1n) is 14.3. The Morgan fingerprint density at radius 2 is 1.98 bits per heavy atom. The number of alkyl halides is 2. The van der Waals surface area contributed by atoms with Crippen LogP contribution in [-0.4, -0.2) is 75.7 Å². The molecule has 16 heteroatoms. The van der Waals surface area contributed by atoms with E-state index in [1.165, 1.54) is 6.07 Å². The molecule has 45 heavy (non-hydrogen) atoms. The van der Waals surface area contributed by atoms with Crippen LogP contribution in [0.1, 0.15) is 45.3 Å². The number of likely N-dealkylation sites (tertiary alicyclic amines) is 1. The Morgan fingerprint density at radius 3 is 2.73 bits per heavy atom. The van der Waals surface area contributed by atoms with Crippen LogP contribution in [0.25, 0.3) is 16.9 Å². The third kappa shape index (κ3) is 7.05. The summed E-state index contributed by atoms with van der Waals surface area (Å²) in [6.07, 6.45) is 9.78. The Kier molecular flexibility index (Phi) is 8.40. The molecule has 236 valence electrons. The molecular formula is C29H31BrF2N10O3. The highest BCUT2D eigenvalue weighted by atomic mass is 79.9. The van der Waals surface area contributed by atoms with E-state index < -0.39 is 12.2 Å². The summed E-state index contributed by atoms with van der Waals surface area (Å²) in [5.74, 6) is -0.0249. The largest absolute Gasteiger partial charge is 0.444 e. The van der Waals surface area contributed by atoms with Crippen molar-refractivity contribution in [2.45, 2.75) is 58.4 Å². The number of nitrogens with one attached hydrogen (secondary N) is 1. The molecule has 0 atom stereocenters. The summed E-state index contributed by atoms with van der Waals surface area (Å²) in [6, 6.07) is 6.60. The zero-order valence-electron chi connectivity index (χ0n) is 24.8. The zero-order valence-corrected chi connectivity index (χ0v) is 26.4. The van der Waals surface area contributed by atoms with Crippen LogP contribution in [0, 0.1) is 0 Å². The Balaban J connectivity index is 1.24. The van der Waals surface area contributed by atoms with Crippen LogP contribution in [0.5, 0.6) is 5.75 Å². The maximum atomic E-state index is 13.3. The van der Waals surface area contributed by atoms with E-state index in [-0.39, 0.29) is 24.4 Å². The molecule has 0 bridgehead atoms. The van der Waals surface area contributed by atoms with Gasteiger partial charge in [0.15, 0.2) is 5.65 Å². The number of amides is 1. The van der Waals surface area contributed by atoms with E-state index >= 15 is 0 Å². The minimum atomic E-state index is -3.02. The van der Waals surface area contributed by atoms with Crippen molar-refractivity contribution in [1.29, 1.82) is 0 Å². The first-order valence-corrected chi connectivity index (χ1v) is 15.1. The summed E-state index contributed by atoms with van der Waals surface area (Å²) >= 11 is 3.43. The highest BCUT2D eigenvalue weighted by Gasteiger charge is 2.28. The van der Waals surface area contributed by atoms with Gasteiger partial charge >= 0.3 is 12.7 Å². The fourth-order valence-electron chi connectivity index (χ4n) is 5.11. The number of carbonyl (C=O) groups excluding carboxylic acids is 1. The Hall–Kier alpha value is -4.60. The second-order valence-electron chi connectivity index (χ2n) is 11.6. The second-order valence-corrected chi connectivity index (χ2v) is 12.5. The van der Waals surface area contributed by atoms with Crippen molar-refractivity contribution in [3.63, 3.8) is 0 Å². The van der Waals surface area contributed by atoms with Gasteiger partial charge in [0.2, 0.25) is 0 Å². The van der Waals surface area contributed by atoms with E-state index in [0.717, 1.165) is 0 Å². The van der Waals surface area contributed by atoms with E-state index in [1.807, 2.05) is 31.6 Å². The minimum absolute atomic E-state index is 0.0249. The average Bonchev–Trinajstić information content (AvgIpc) is 3.73. The van der Waals surface area contributed by atoms with Crippen LogP contribution in [0.4, 0.5) is 25.0 Å². The average molecular weight is 686 g/mol. The number of anilines is 2. The van der Waals surface area contributed by atoms with E-state index in [4.69, 9.17) is 14.6 Å². The minimum Gasteiger partial charge on any atom is -0.444 e. The number of ether oxygens (including phenoxy) is 2. The molecule has 0 spiro atoms. The number of benzene rings is 1. The number of fused-ring (bicyclic) bond motifs is 1. The standard InChI is InChI=1S/C29H31BrF2N10O3/c1-29(2,3)45-28(43)39-11-7-20(8-12-39)42-16-19(36-38-42)15-40-17-23(35-22-14-34-41-10-4-9-33-26(22)41)25(37-40)21-13-18(30)5-6-24(21)44-27(31)32/h4-6,9-10,13-14,16-17,20,27,35H,7-8,11-12,15H2,1-3H3. The lowest BCUT2D eigenvalue weighted by Crippen LogP contribution is -2.42. The lowest BCUT2D eigenvalue weighted by molar-refractivity contribution is -0.0494. The predicted molar refractivity (Wildman–Crippen MR) is 163 cm³/mol. The third-order valence-electron chi connectivity index (χ3n) is 7.10. The van der Waals surface area contributed by atoms with Crippen molar-refractivity contribution in [2.24, 2.45) is 0 Å². The molecule has 1 aliphatic heterocycles. The number of hydrogen-bond donors (Lipinski definition) is 1. The van der Waals surface area contributed by atoms with Gasteiger partial charge in [-0.1, -0.05) is 21.1 Å². The number of nitrogens with zero attached hydrogens (tertiary/aromatic N) is 9. The monoisotopic (exact) mass is 684 g/mol. The number of rotatable bonds is 8. The SMILES string of the molecule is CC(C)(C)OC(=O)N1CCC(n2cc(Cn3cc(Nc4cnn5cccnc45)c(-c4cc(Br)ccc4OC(F)F)n3)nn2)CC1. The molecule has 13 nitrogen and oxygen atoms in total. The van der Waals surface area contributed by atoms with E-state index in [1.54, 1.807) is 57.1 Å². The van der Waals surface area contributed by atoms with Crippen LogP contribution in [-0.2, 0) is 11.3 Å². The lowest BCUT2D eigenvalue weighted by Gasteiger charge is -2.33. The van der Waals surface area contributed by atoms with Crippen molar-refractivity contribution >= 4 is 39.0 Å². The molecule has 6 rings (SSSR count). The molecule has 1 aliphatic rings. The van der Waals surface area contributed by atoms with Gasteiger partial charge in [-0.2, -0.15) is 19.0 Å². The van der Waals surface area contributed by atoms with Gasteiger partial charge in [0.25, 0.3) is 0 Å². The smallest absolute Gasteiger partial charge is 0.410 e. The number of hydrogen-bond acceptors (Lipinski definition) is 9. The summed E-state index contributed by atoms with van der Waals surface area (Å²) in [5, 5.41) is 21.1. The second kappa shape index (κ2) is 12.4. The predicted octanol–water partition coefficient (Wildman–Crippen LogP) is 5.91. The third-order valence-corrected chi connectivity index (χ3v) is 7.59. The molecule has 1 fully saturated rings. The Labute approximate surface area is 265 Å². The zero-order chi connectivity index (χ0) is 31.7. The fraction of sp³-hybridized carbons (Fsp3) is 0.379. The Bertz CT molecular complexity index is 1810. The summed E-state index contributed by atoms with van der Waals surface area (Å²) in [6.45, 7) is 3.91. The van der Waals surface area contributed by atoms with E-state index in [0.29, 0.717) is 64.4 Å². The van der Waals surface area contributed by atoms with Gasteiger partial charge in [0.05, 0.1) is 30.7 Å². The first-order chi connectivity index (χ1) is 21.5. The molecule has 1 amide bonds. The number of aromatic nitrogens is 8. The van der Waals surface area contributed by atoms with E-state index in [9.17, 15) is 13.6 Å². The molecule has 1 saturated heterocycles. The summed E-state index contributed by atoms with van der Waals surface area (Å²) in [7, 11) is 0. The van der Waals surface area contributed by atoms with Gasteiger partial charge in [-0.15, -0.1) is 5.10 Å². The molecule has 5 aromatic rings. The number of carbonyl (C=O) groups is 1. The highest BCUT2D eigenvalue weighted by molar-refractivity contribution is 9.10. The van der Waals surface area contributed by atoms with Crippen LogP contribution < -0.4 is 10.1 Å². The quantitative estimate of drug-likeness (QED) is 0.212. The molecule has 1 N–H and O–H groups in total. The van der Waals surface area contributed by atoms with Crippen molar-refractivity contribution in [2.75, 3.05) is 18.4 Å². The van der Waals surface area contributed by atoms with Crippen LogP contribution in [0.3, 0.4) is 0 Å². The molecule has 0 saturated carbocycles. The van der Waals surface area contributed by atoms with Crippen molar-refractivity contribution in [3.8, 4) is 17.0 Å². The van der Waals surface area contributed by atoms with Gasteiger partial charge in [0, 0.05) is 41.7 Å². The summed E-state index contributed by atoms with van der Waals surface area (Å²) in [5.41, 5.74) is 2.55. The maximum absolute atomic E-state index is 13.3. The van der Waals surface area contributed by atoms with Gasteiger partial charge < -0.3 is 19.7 Å². The maximum Gasteiger partial charge on any atom is 0.410 e. The lowest BCUT2D eigenvalue weighted by atomic mass is 10.1. The van der Waals surface area contributed by atoms with Gasteiger partial charge in [-0.25, -0.2) is 19.0 Å². The van der Waals surface area contributed by atoms with Crippen molar-refractivity contribution in [1.82, 2.24) is 44.3 Å². The summed E-state index contributed by atoms with van der Waals surface area (Å²) < 4.78 is 42.8. The van der Waals surface area contributed by atoms with E-state index in [2.05, 4.69) is 41.6 Å². The van der Waals surface area contributed by atoms with Gasteiger partial charge in [-0.3, -0.25) is 4.68 Å². The van der Waals surface area contributed by atoms with Crippen molar-refractivity contribution < 1.29 is 23.0 Å². The molecule has 5 heterocycles. The Morgan fingerprint density at radius 1 is 1.18 bits per heavy atom. The van der Waals surface area contributed by atoms with Gasteiger partial charge in [-0.05, 0) is 57.9 Å². The summed E-state index contributed by atoms with van der Waals surface area (Å²) in [4.78, 5) is 18.6. The fourth-order valence-corrected chi connectivity index (χ4v) is 5.47. The number of piperidine rings is 1. The van der Waals surface area contributed by atoms with Crippen LogP contribution >= 0.6 is 15.9 Å². The molecular weight excluding hydrogens is 654 g/mol. The molecule has 0 unspecified atom stereocenters. The normalized spacial score (nSPS) is 14.3. The van der Waals surface area contributed by atoms with Crippen LogP contribution in [0.15, 0.2) is 59.7 Å². The first kappa shape index (κ1) is 30.4. The van der Waals surface area contributed by atoms with Crippen LogP contribution in [0.2, 0.25) is 0 Å². The number of halogens is 3. The molecule has 0 aliphatic carbocycles. The highest BCUT2D eigenvalue weighted by Crippen LogP contribution is 2.38. The van der Waals surface area contributed by atoms with Gasteiger partial charge in [0.1, 0.15) is 28.4 Å². The molecule has 4 aromatic heterocycles. The topological polar surface area (TPSA) is 130 Å². The van der Waals surface area contributed by atoms with Crippen molar-refractivity contribution in [3.05, 3.63) is 65.4 Å². The molecule has 1 aromatic carbocycles.